The molecule has 1 atom stereocenters. The van der Waals surface area contributed by atoms with Gasteiger partial charge in [0.05, 0.1) is 0 Å². The largest absolute Gasteiger partial charge is 0.370 e. The van der Waals surface area contributed by atoms with E-state index in [2.05, 4.69) is 67.7 Å². The minimum Gasteiger partial charge on any atom is -0.370 e. The number of Topliss-reactive ketones (excluding diaryl/α,β-unsaturated/α-hetero) is 1. The number of ketones is 1. The second-order valence-electron chi connectivity index (χ2n) is 7.19. The maximum absolute atomic E-state index is 11.8. The molecule has 0 aromatic carbocycles. The average molecular weight is 401 g/mol. The lowest BCUT2D eigenvalue weighted by Gasteiger charge is -2.14. The Morgan fingerprint density at radius 3 is 1.72 bits per heavy atom. The van der Waals surface area contributed by atoms with Crippen molar-refractivity contribution in [2.45, 2.75) is 97.5 Å². The highest BCUT2D eigenvalue weighted by atomic mass is 16.5. The number of hydrogen-bond donors (Lipinski definition) is 0. The zero-order valence-electron chi connectivity index (χ0n) is 19.2. The van der Waals surface area contributed by atoms with Crippen LogP contribution in [0.15, 0.2) is 60.8 Å². The maximum Gasteiger partial charge on any atom is 0.161 e. The molecule has 0 aliphatic carbocycles. The third-order valence-corrected chi connectivity index (χ3v) is 4.47. The molecule has 0 aliphatic rings. The summed E-state index contributed by atoms with van der Waals surface area (Å²) < 4.78 is 5.74. The lowest BCUT2D eigenvalue weighted by atomic mass is 10.1. The summed E-state index contributed by atoms with van der Waals surface area (Å²) in [6, 6.07) is 0. The molecular formula is C27H44O2. The van der Waals surface area contributed by atoms with Gasteiger partial charge >= 0.3 is 0 Å². The number of allylic oxidation sites excluding steroid dienone is 10. The predicted octanol–water partition coefficient (Wildman–Crippen LogP) is 8.07. The van der Waals surface area contributed by atoms with E-state index in [1.807, 2.05) is 13.8 Å². The number of carbonyl (C=O) groups is 1. The monoisotopic (exact) mass is 400 g/mol. The molecule has 0 heterocycles. The Bertz CT molecular complexity index is 509. The van der Waals surface area contributed by atoms with Crippen LogP contribution in [0.25, 0.3) is 0 Å². The molecule has 0 fully saturated rings. The number of hydrogen-bond acceptors (Lipinski definition) is 2. The molecule has 0 N–H and O–H groups in total. The summed E-state index contributed by atoms with van der Waals surface area (Å²) in [4.78, 5) is 11.8. The molecule has 0 bridgehead atoms. The van der Waals surface area contributed by atoms with Gasteiger partial charge in [-0.3, -0.25) is 4.79 Å². The molecule has 0 radical (unpaired) electrons. The van der Waals surface area contributed by atoms with E-state index >= 15 is 0 Å². The van der Waals surface area contributed by atoms with Crippen molar-refractivity contribution in [2.75, 3.05) is 6.61 Å². The first kappa shape index (κ1) is 27.3. The van der Waals surface area contributed by atoms with Crippen LogP contribution in [0.3, 0.4) is 0 Å². The number of rotatable bonds is 19. The maximum atomic E-state index is 11.8. The molecular weight excluding hydrogens is 356 g/mol. The summed E-state index contributed by atoms with van der Waals surface area (Å²) >= 11 is 0. The molecule has 2 heteroatoms. The fourth-order valence-electron chi connectivity index (χ4n) is 2.80. The minimum atomic E-state index is -0.191. The number of ether oxygens (including phenoxy) is 1. The third-order valence-electron chi connectivity index (χ3n) is 4.47. The van der Waals surface area contributed by atoms with Gasteiger partial charge in [-0.1, -0.05) is 81.5 Å². The van der Waals surface area contributed by atoms with E-state index in [0.29, 0.717) is 13.0 Å². The molecule has 0 aromatic rings. The highest BCUT2D eigenvalue weighted by molar-refractivity contribution is 5.82. The highest BCUT2D eigenvalue weighted by Crippen LogP contribution is 2.07. The molecule has 2 nitrogen and oxygen atoms in total. The Morgan fingerprint density at radius 1 is 0.724 bits per heavy atom. The van der Waals surface area contributed by atoms with E-state index in [0.717, 1.165) is 64.2 Å². The highest BCUT2D eigenvalue weighted by Gasteiger charge is 2.15. The van der Waals surface area contributed by atoms with Crippen molar-refractivity contribution in [1.82, 2.24) is 0 Å². The normalized spacial score (nSPS) is 13.8. The van der Waals surface area contributed by atoms with E-state index in [9.17, 15) is 4.79 Å². The number of unbranched alkanes of at least 4 members (excludes halogenated alkanes) is 2. The fraction of sp³-hybridized carbons (Fsp3) is 0.593. The van der Waals surface area contributed by atoms with Crippen LogP contribution in [-0.4, -0.2) is 18.5 Å². The van der Waals surface area contributed by atoms with Crippen molar-refractivity contribution in [2.24, 2.45) is 0 Å². The Labute approximate surface area is 180 Å². The second kappa shape index (κ2) is 22.6. The Morgan fingerprint density at radius 2 is 1.24 bits per heavy atom. The second-order valence-corrected chi connectivity index (χ2v) is 7.19. The van der Waals surface area contributed by atoms with Gasteiger partial charge in [-0.2, -0.15) is 0 Å². The Balaban J connectivity index is 3.58. The average Bonchev–Trinajstić information content (AvgIpc) is 2.72. The van der Waals surface area contributed by atoms with Crippen molar-refractivity contribution >= 4 is 5.78 Å². The topological polar surface area (TPSA) is 26.3 Å². The molecule has 1 unspecified atom stereocenters. The quantitative estimate of drug-likeness (QED) is 0.162. The van der Waals surface area contributed by atoms with E-state index in [4.69, 9.17) is 4.74 Å². The summed E-state index contributed by atoms with van der Waals surface area (Å²) in [7, 11) is 0. The molecule has 0 aromatic heterocycles. The lowest BCUT2D eigenvalue weighted by molar-refractivity contribution is -0.130. The summed E-state index contributed by atoms with van der Waals surface area (Å²) in [6.45, 7) is 6.91. The molecule has 0 spiro atoms. The molecule has 164 valence electrons. The molecule has 0 saturated carbocycles. The fourth-order valence-corrected chi connectivity index (χ4v) is 2.80. The van der Waals surface area contributed by atoms with Gasteiger partial charge in [-0.05, 0) is 64.2 Å². The van der Waals surface area contributed by atoms with Gasteiger partial charge in [0.25, 0.3) is 0 Å². The van der Waals surface area contributed by atoms with Gasteiger partial charge in [0.1, 0.15) is 6.10 Å². The van der Waals surface area contributed by atoms with Crippen molar-refractivity contribution in [1.29, 1.82) is 0 Å². The van der Waals surface area contributed by atoms with Crippen LogP contribution in [-0.2, 0) is 9.53 Å². The van der Waals surface area contributed by atoms with Crippen LogP contribution in [0.4, 0.5) is 0 Å². The zero-order chi connectivity index (χ0) is 21.4. The van der Waals surface area contributed by atoms with Crippen molar-refractivity contribution < 1.29 is 9.53 Å². The van der Waals surface area contributed by atoms with E-state index in [1.54, 1.807) is 0 Å². The van der Waals surface area contributed by atoms with E-state index in [-0.39, 0.29) is 11.9 Å². The van der Waals surface area contributed by atoms with Gasteiger partial charge in [0.2, 0.25) is 0 Å². The summed E-state index contributed by atoms with van der Waals surface area (Å²) in [5.74, 6) is 0.257. The van der Waals surface area contributed by atoms with Crippen LogP contribution in [0.2, 0.25) is 0 Å². The van der Waals surface area contributed by atoms with Crippen LogP contribution >= 0.6 is 0 Å². The molecule has 0 rings (SSSR count). The van der Waals surface area contributed by atoms with Gasteiger partial charge in [-0.15, -0.1) is 0 Å². The van der Waals surface area contributed by atoms with E-state index < -0.39 is 0 Å². The lowest BCUT2D eigenvalue weighted by Crippen LogP contribution is -2.23. The van der Waals surface area contributed by atoms with Crippen LogP contribution in [0.5, 0.6) is 0 Å². The standard InChI is InChI=1S/C27H44O2/c1-4-7-8-9-10-11-12-13-14-15-16-17-18-19-20-21-22-23-25-29-27(6-3)26(28)24-5-2/h7-8,10-11,13-14,16-17,19-20,27H,4-6,9,12,15,18,21-25H2,1-3H3/b8-7-,11-10-,14-13-,17-16-,20-19-. The smallest absolute Gasteiger partial charge is 0.161 e. The van der Waals surface area contributed by atoms with Crippen LogP contribution < -0.4 is 0 Å². The molecule has 0 saturated heterocycles. The molecule has 0 amide bonds. The Kier molecular flexibility index (Phi) is 21.3. The first-order valence-electron chi connectivity index (χ1n) is 11.6. The van der Waals surface area contributed by atoms with Gasteiger partial charge in [0.15, 0.2) is 5.78 Å². The predicted molar refractivity (Wildman–Crippen MR) is 128 cm³/mol. The molecule has 29 heavy (non-hydrogen) atoms. The first-order chi connectivity index (χ1) is 14.3. The first-order valence-corrected chi connectivity index (χ1v) is 11.6. The SMILES string of the molecule is CC/C=C\C/C=C\C/C=C\C/C=C\C/C=C\CCCCOC(CC)C(=O)CCC. The molecule has 0 aliphatic heterocycles. The third kappa shape index (κ3) is 19.4. The summed E-state index contributed by atoms with van der Waals surface area (Å²) in [5, 5.41) is 0. The van der Waals surface area contributed by atoms with Crippen LogP contribution in [0, 0.1) is 0 Å². The van der Waals surface area contributed by atoms with Crippen molar-refractivity contribution in [3.63, 3.8) is 0 Å². The Hall–Kier alpha value is -1.67. The van der Waals surface area contributed by atoms with Gasteiger partial charge in [0, 0.05) is 13.0 Å². The van der Waals surface area contributed by atoms with Gasteiger partial charge < -0.3 is 4.74 Å². The van der Waals surface area contributed by atoms with Gasteiger partial charge in [-0.25, -0.2) is 0 Å². The van der Waals surface area contributed by atoms with Crippen LogP contribution in [0.1, 0.15) is 91.4 Å². The minimum absolute atomic E-state index is 0.191. The van der Waals surface area contributed by atoms with E-state index in [1.165, 1.54) is 0 Å². The van der Waals surface area contributed by atoms with Crippen molar-refractivity contribution in [3.8, 4) is 0 Å². The van der Waals surface area contributed by atoms with Crippen molar-refractivity contribution in [3.05, 3.63) is 60.8 Å². The zero-order valence-corrected chi connectivity index (χ0v) is 19.2. The summed E-state index contributed by atoms with van der Waals surface area (Å²) in [6.07, 6.45) is 32.7. The number of carbonyl (C=O) groups excluding carboxylic acids is 1. The summed E-state index contributed by atoms with van der Waals surface area (Å²) in [5.41, 5.74) is 0.